The number of rotatable bonds is 2. The van der Waals surface area contributed by atoms with Crippen LogP contribution in [0.5, 0.6) is 11.5 Å². The maximum Gasteiger partial charge on any atom is 0.530 e. The summed E-state index contributed by atoms with van der Waals surface area (Å²) in [5.74, 6) is 1.34. The maximum atomic E-state index is 12.5. The number of ether oxygens (including phenoxy) is 2. The number of nitrogens with zero attached hydrogens (tertiary/aromatic N) is 1. The van der Waals surface area contributed by atoms with E-state index in [1.54, 1.807) is 20.8 Å². The Morgan fingerprint density at radius 2 is 1.96 bits per heavy atom. The average Bonchev–Trinajstić information content (AvgIpc) is 2.84. The highest BCUT2D eigenvalue weighted by Gasteiger charge is 2.64. The van der Waals surface area contributed by atoms with Crippen molar-refractivity contribution in [3.8, 4) is 11.5 Å². The molecule has 3 atom stereocenters. The van der Waals surface area contributed by atoms with Gasteiger partial charge in [0.25, 0.3) is 0 Å². The van der Waals surface area contributed by atoms with Gasteiger partial charge in [0.15, 0.2) is 11.5 Å². The fourth-order valence-corrected chi connectivity index (χ4v) is 4.79. The van der Waals surface area contributed by atoms with Crippen molar-refractivity contribution in [2.75, 3.05) is 19.8 Å². The van der Waals surface area contributed by atoms with E-state index in [4.69, 9.17) is 13.7 Å². The standard InChI is InChI=1S/C16H21NO6S/c1-16(2,3)17(15(18)19)12(10-23-24(17)20)8-11-4-5-13-14(9-11)22-7-6-21-13/h4-5,9,12H,6-8,10H2,1-3H3/p+1/t12-,17?,24?/m0/s1. The highest BCUT2D eigenvalue weighted by atomic mass is 32.2. The monoisotopic (exact) mass is 356 g/mol. The van der Waals surface area contributed by atoms with Gasteiger partial charge in [0, 0.05) is 6.42 Å². The molecule has 1 saturated heterocycles. The van der Waals surface area contributed by atoms with E-state index in [1.807, 2.05) is 18.2 Å². The lowest BCUT2D eigenvalue weighted by Gasteiger charge is -2.39. The normalized spacial score (nSPS) is 29.5. The molecular weight excluding hydrogens is 334 g/mol. The van der Waals surface area contributed by atoms with E-state index in [0.717, 1.165) is 5.56 Å². The van der Waals surface area contributed by atoms with Gasteiger partial charge in [0.05, 0.1) is 0 Å². The first kappa shape index (κ1) is 17.2. The second kappa shape index (κ2) is 6.02. The zero-order valence-electron chi connectivity index (χ0n) is 14.0. The van der Waals surface area contributed by atoms with Crippen LogP contribution in [-0.2, 0) is 21.9 Å². The van der Waals surface area contributed by atoms with Gasteiger partial charge in [0.2, 0.25) is 0 Å². The smallest absolute Gasteiger partial charge is 0.486 e. The fourth-order valence-electron chi connectivity index (χ4n) is 3.40. The highest BCUT2D eigenvalue weighted by Crippen LogP contribution is 2.39. The lowest BCUT2D eigenvalue weighted by molar-refractivity contribution is -0.799. The number of quaternary nitrogens is 1. The summed E-state index contributed by atoms with van der Waals surface area (Å²) in [5.41, 5.74) is 0.130. The van der Waals surface area contributed by atoms with Crippen LogP contribution in [0.3, 0.4) is 0 Å². The van der Waals surface area contributed by atoms with Crippen LogP contribution in [0.15, 0.2) is 18.2 Å². The van der Waals surface area contributed by atoms with Crippen molar-refractivity contribution in [2.24, 2.45) is 0 Å². The Balaban J connectivity index is 1.94. The number of carbonyl (C=O) groups is 1. The number of carboxylic acid groups (broad SMARTS) is 1. The zero-order valence-corrected chi connectivity index (χ0v) is 14.8. The minimum absolute atomic E-state index is 0.130. The van der Waals surface area contributed by atoms with E-state index in [2.05, 4.69) is 0 Å². The molecule has 0 bridgehead atoms. The Labute approximate surface area is 143 Å². The summed E-state index contributed by atoms with van der Waals surface area (Å²) in [4.78, 5) is 12.1. The lowest BCUT2D eigenvalue weighted by Crippen LogP contribution is -2.66. The Morgan fingerprint density at radius 1 is 1.29 bits per heavy atom. The van der Waals surface area contributed by atoms with E-state index in [1.165, 1.54) is 0 Å². The first-order chi connectivity index (χ1) is 11.3. The van der Waals surface area contributed by atoms with Gasteiger partial charge in [-0.05, 0) is 38.5 Å². The number of amides is 1. The number of fused-ring (bicyclic) bond motifs is 1. The largest absolute Gasteiger partial charge is 0.530 e. The molecule has 1 fully saturated rings. The van der Waals surface area contributed by atoms with Gasteiger partial charge < -0.3 is 14.6 Å². The Hall–Kier alpha value is -1.64. The molecule has 2 heterocycles. The van der Waals surface area contributed by atoms with Crippen LogP contribution in [0.2, 0.25) is 0 Å². The molecule has 0 aromatic heterocycles. The second-order valence-electron chi connectivity index (χ2n) is 6.95. The molecule has 0 aliphatic carbocycles. The molecule has 0 saturated carbocycles. The van der Waals surface area contributed by atoms with Crippen LogP contribution in [0.25, 0.3) is 0 Å². The van der Waals surface area contributed by atoms with Crippen molar-refractivity contribution >= 4 is 17.4 Å². The van der Waals surface area contributed by atoms with Crippen molar-refractivity contribution in [3.05, 3.63) is 23.8 Å². The van der Waals surface area contributed by atoms with Gasteiger partial charge >= 0.3 is 17.4 Å². The van der Waals surface area contributed by atoms with Gasteiger partial charge in [0.1, 0.15) is 31.4 Å². The molecule has 132 valence electrons. The summed E-state index contributed by atoms with van der Waals surface area (Å²) in [6, 6.07) is 5.11. The summed E-state index contributed by atoms with van der Waals surface area (Å²) in [5, 5.41) is 9.86. The topological polar surface area (TPSA) is 82.1 Å². The third-order valence-electron chi connectivity index (χ3n) is 4.47. The predicted octanol–water partition coefficient (Wildman–Crippen LogP) is 2.27. The number of benzene rings is 1. The van der Waals surface area contributed by atoms with E-state index in [0.29, 0.717) is 31.1 Å². The highest BCUT2D eigenvalue weighted by molar-refractivity contribution is 7.74. The van der Waals surface area contributed by atoms with Crippen LogP contribution in [-0.4, -0.2) is 50.7 Å². The van der Waals surface area contributed by atoms with Crippen LogP contribution < -0.4 is 9.47 Å². The molecule has 3 rings (SSSR count). The third kappa shape index (κ3) is 2.58. The maximum absolute atomic E-state index is 12.5. The summed E-state index contributed by atoms with van der Waals surface area (Å²) in [6.45, 7) is 6.44. The van der Waals surface area contributed by atoms with Crippen molar-refractivity contribution in [1.82, 2.24) is 0 Å². The van der Waals surface area contributed by atoms with Crippen molar-refractivity contribution in [1.29, 1.82) is 0 Å². The third-order valence-corrected chi connectivity index (χ3v) is 6.28. The molecule has 1 aromatic rings. The van der Waals surface area contributed by atoms with Gasteiger partial charge in [-0.2, -0.15) is 9.00 Å². The Kier molecular flexibility index (Phi) is 4.31. The quantitative estimate of drug-likeness (QED) is 0.819. The molecule has 0 radical (unpaired) electrons. The molecule has 8 heteroatoms. The van der Waals surface area contributed by atoms with Crippen LogP contribution in [0.4, 0.5) is 4.79 Å². The predicted molar refractivity (Wildman–Crippen MR) is 87.1 cm³/mol. The molecule has 1 amide bonds. The molecule has 2 unspecified atom stereocenters. The molecule has 1 aromatic carbocycles. The molecular formula is C16H22NO6S+. The Bertz CT molecular complexity index is 686. The summed E-state index contributed by atoms with van der Waals surface area (Å²) in [7, 11) is 0. The molecule has 1 N–H and O–H groups in total. The van der Waals surface area contributed by atoms with Gasteiger partial charge in [-0.25, -0.2) is 4.18 Å². The second-order valence-corrected chi connectivity index (χ2v) is 8.19. The summed E-state index contributed by atoms with van der Waals surface area (Å²) in [6.07, 6.45) is -0.716. The SMILES string of the molecule is CC(C)(C)[N+]1(C(=O)O)[C@@H](Cc2ccc3c(c2)OCCO3)COS1=O. The first-order valence-corrected chi connectivity index (χ1v) is 8.86. The number of hydrogen-bond acceptors (Lipinski definition) is 5. The fraction of sp³-hybridized carbons (Fsp3) is 0.562. The minimum Gasteiger partial charge on any atom is -0.486 e. The summed E-state index contributed by atoms with van der Waals surface area (Å²) < 4.78 is 28.2. The van der Waals surface area contributed by atoms with E-state index in [-0.39, 0.29) is 6.61 Å². The van der Waals surface area contributed by atoms with Gasteiger partial charge in [-0.3, -0.25) is 0 Å². The van der Waals surface area contributed by atoms with E-state index in [9.17, 15) is 14.1 Å². The molecule has 24 heavy (non-hydrogen) atoms. The minimum atomic E-state index is -1.94. The Morgan fingerprint density at radius 3 is 2.58 bits per heavy atom. The first-order valence-electron chi connectivity index (χ1n) is 7.83. The molecule has 2 aliphatic rings. The van der Waals surface area contributed by atoms with Crippen LogP contribution >= 0.6 is 0 Å². The summed E-state index contributed by atoms with van der Waals surface area (Å²) >= 11 is -1.94. The van der Waals surface area contributed by atoms with Gasteiger partial charge in [-0.15, -0.1) is 3.89 Å². The average molecular weight is 356 g/mol. The lowest BCUT2D eigenvalue weighted by atomic mass is 9.98. The zero-order chi connectivity index (χ0) is 17.5. The van der Waals surface area contributed by atoms with Crippen LogP contribution in [0, 0.1) is 0 Å². The van der Waals surface area contributed by atoms with Crippen LogP contribution in [0.1, 0.15) is 26.3 Å². The molecule has 7 nitrogen and oxygen atoms in total. The molecule has 0 spiro atoms. The number of hydrogen-bond donors (Lipinski definition) is 1. The van der Waals surface area contributed by atoms with E-state index < -0.39 is 32.8 Å². The van der Waals surface area contributed by atoms with Crippen molar-refractivity contribution < 1.29 is 31.7 Å². The van der Waals surface area contributed by atoms with Crippen molar-refractivity contribution in [3.63, 3.8) is 0 Å². The van der Waals surface area contributed by atoms with E-state index >= 15 is 0 Å². The molecule has 2 aliphatic heterocycles. The van der Waals surface area contributed by atoms with Gasteiger partial charge in [-0.1, -0.05) is 6.07 Å². The van der Waals surface area contributed by atoms with Crippen molar-refractivity contribution in [2.45, 2.75) is 38.8 Å².